The molecule has 0 aliphatic heterocycles. The molecular formula is C17H30O2. The van der Waals surface area contributed by atoms with E-state index >= 15 is 0 Å². The fourth-order valence-electron chi connectivity index (χ4n) is 6.14. The van der Waals surface area contributed by atoms with Gasteiger partial charge in [0, 0.05) is 6.61 Å². The molecule has 3 saturated carbocycles. The van der Waals surface area contributed by atoms with Crippen LogP contribution in [0.15, 0.2) is 0 Å². The molecule has 0 aromatic carbocycles. The Morgan fingerprint density at radius 2 is 1.79 bits per heavy atom. The molecule has 3 aliphatic rings. The van der Waals surface area contributed by atoms with E-state index in [2.05, 4.69) is 13.8 Å². The molecule has 3 aliphatic carbocycles. The summed E-state index contributed by atoms with van der Waals surface area (Å²) in [5.74, 6) is 1.89. The first kappa shape index (κ1) is 13.9. The second-order valence-electron chi connectivity index (χ2n) is 8.07. The van der Waals surface area contributed by atoms with E-state index in [9.17, 15) is 10.2 Å². The second-order valence-corrected chi connectivity index (χ2v) is 8.07. The minimum absolute atomic E-state index is 0.0566. The van der Waals surface area contributed by atoms with Gasteiger partial charge in [-0.2, -0.15) is 0 Å². The number of hydrogen-bond acceptors (Lipinski definition) is 2. The maximum absolute atomic E-state index is 10.3. The van der Waals surface area contributed by atoms with Crippen LogP contribution in [0.1, 0.15) is 65.2 Å². The summed E-state index contributed by atoms with van der Waals surface area (Å²) in [6.07, 6.45) is 9.59. The van der Waals surface area contributed by atoms with Gasteiger partial charge in [0.05, 0.1) is 6.10 Å². The lowest BCUT2D eigenvalue weighted by Crippen LogP contribution is -2.56. The maximum Gasteiger partial charge on any atom is 0.0571 e. The van der Waals surface area contributed by atoms with Gasteiger partial charge in [-0.1, -0.05) is 26.7 Å². The van der Waals surface area contributed by atoms with Crippen LogP contribution < -0.4 is 0 Å². The summed E-state index contributed by atoms with van der Waals surface area (Å²) in [7, 11) is 0. The average molecular weight is 266 g/mol. The SMILES string of the molecule is CC1(CO)CCCC2(C)C3CCCC(O)C3CCC12. The van der Waals surface area contributed by atoms with E-state index in [0.717, 1.165) is 6.42 Å². The molecule has 19 heavy (non-hydrogen) atoms. The van der Waals surface area contributed by atoms with E-state index in [-0.39, 0.29) is 11.5 Å². The van der Waals surface area contributed by atoms with Gasteiger partial charge in [-0.3, -0.25) is 0 Å². The van der Waals surface area contributed by atoms with Crippen molar-refractivity contribution in [1.29, 1.82) is 0 Å². The monoisotopic (exact) mass is 266 g/mol. The molecule has 3 rings (SSSR count). The number of aliphatic hydroxyl groups is 2. The van der Waals surface area contributed by atoms with Crippen LogP contribution in [0.25, 0.3) is 0 Å². The molecule has 0 aromatic rings. The predicted molar refractivity (Wildman–Crippen MR) is 76.7 cm³/mol. The molecule has 0 bridgehead atoms. The van der Waals surface area contributed by atoms with Crippen molar-refractivity contribution in [2.24, 2.45) is 28.6 Å². The zero-order chi connectivity index (χ0) is 13.7. The summed E-state index contributed by atoms with van der Waals surface area (Å²) in [6, 6.07) is 0. The fraction of sp³-hybridized carbons (Fsp3) is 1.00. The van der Waals surface area contributed by atoms with E-state index in [1.807, 2.05) is 0 Å². The normalized spacial score (nSPS) is 54.3. The Balaban J connectivity index is 1.92. The minimum atomic E-state index is -0.0566. The van der Waals surface area contributed by atoms with Gasteiger partial charge in [0.2, 0.25) is 0 Å². The highest BCUT2D eigenvalue weighted by Crippen LogP contribution is 2.63. The van der Waals surface area contributed by atoms with Crippen LogP contribution in [-0.2, 0) is 0 Å². The van der Waals surface area contributed by atoms with Gasteiger partial charge in [0.15, 0.2) is 0 Å². The Kier molecular flexibility index (Phi) is 3.46. The Morgan fingerprint density at radius 1 is 1.00 bits per heavy atom. The molecule has 0 spiro atoms. The Bertz CT molecular complexity index is 342. The zero-order valence-corrected chi connectivity index (χ0v) is 12.6. The Labute approximate surface area is 117 Å². The minimum Gasteiger partial charge on any atom is -0.396 e. The lowest BCUT2D eigenvalue weighted by molar-refractivity contribution is -0.151. The number of rotatable bonds is 1. The first-order valence-corrected chi connectivity index (χ1v) is 8.30. The van der Waals surface area contributed by atoms with Gasteiger partial charge in [-0.25, -0.2) is 0 Å². The smallest absolute Gasteiger partial charge is 0.0571 e. The Hall–Kier alpha value is -0.0800. The Morgan fingerprint density at radius 3 is 2.53 bits per heavy atom. The van der Waals surface area contributed by atoms with Gasteiger partial charge in [-0.05, 0) is 67.1 Å². The van der Waals surface area contributed by atoms with Crippen molar-refractivity contribution in [3.8, 4) is 0 Å². The molecule has 2 heteroatoms. The molecule has 3 fully saturated rings. The summed E-state index contributed by atoms with van der Waals surface area (Å²) in [5, 5.41) is 20.2. The maximum atomic E-state index is 10.3. The molecule has 0 radical (unpaired) electrons. The molecule has 0 aromatic heterocycles. The van der Waals surface area contributed by atoms with Crippen molar-refractivity contribution < 1.29 is 10.2 Å². The summed E-state index contributed by atoms with van der Waals surface area (Å²) in [4.78, 5) is 0. The molecule has 2 N–H and O–H groups in total. The van der Waals surface area contributed by atoms with E-state index in [0.29, 0.717) is 29.8 Å². The van der Waals surface area contributed by atoms with Crippen molar-refractivity contribution in [2.75, 3.05) is 6.61 Å². The second kappa shape index (κ2) is 4.73. The van der Waals surface area contributed by atoms with Crippen LogP contribution in [-0.4, -0.2) is 22.9 Å². The lowest BCUT2D eigenvalue weighted by Gasteiger charge is -2.61. The molecule has 2 nitrogen and oxygen atoms in total. The molecule has 0 amide bonds. The standard InChI is InChI=1S/C17H30O2/c1-16(11-18)9-4-10-17(2)13-5-3-6-14(19)12(13)7-8-15(16)17/h12-15,18-19H,3-11H2,1-2H3. The van der Waals surface area contributed by atoms with Crippen molar-refractivity contribution >= 4 is 0 Å². The van der Waals surface area contributed by atoms with Crippen LogP contribution in [0.5, 0.6) is 0 Å². The highest BCUT2D eigenvalue weighted by atomic mass is 16.3. The van der Waals surface area contributed by atoms with E-state index in [1.165, 1.54) is 44.9 Å². The zero-order valence-electron chi connectivity index (χ0n) is 12.6. The topological polar surface area (TPSA) is 40.5 Å². The summed E-state index contributed by atoms with van der Waals surface area (Å²) < 4.78 is 0. The highest BCUT2D eigenvalue weighted by molar-refractivity contribution is 5.06. The van der Waals surface area contributed by atoms with Crippen LogP contribution in [0.2, 0.25) is 0 Å². The third kappa shape index (κ3) is 1.98. The van der Waals surface area contributed by atoms with Crippen LogP contribution in [0.3, 0.4) is 0 Å². The van der Waals surface area contributed by atoms with E-state index in [4.69, 9.17) is 0 Å². The average Bonchev–Trinajstić information content (AvgIpc) is 2.39. The fourth-order valence-corrected chi connectivity index (χ4v) is 6.14. The molecule has 6 unspecified atom stereocenters. The summed E-state index contributed by atoms with van der Waals surface area (Å²) in [6.45, 7) is 5.11. The first-order valence-electron chi connectivity index (χ1n) is 8.30. The number of fused-ring (bicyclic) bond motifs is 3. The highest BCUT2D eigenvalue weighted by Gasteiger charge is 2.57. The molecule has 0 heterocycles. The van der Waals surface area contributed by atoms with Crippen molar-refractivity contribution in [1.82, 2.24) is 0 Å². The van der Waals surface area contributed by atoms with Gasteiger partial charge in [-0.15, -0.1) is 0 Å². The molecular weight excluding hydrogens is 236 g/mol. The molecule has 0 saturated heterocycles. The van der Waals surface area contributed by atoms with Gasteiger partial charge in [0.25, 0.3) is 0 Å². The van der Waals surface area contributed by atoms with E-state index < -0.39 is 0 Å². The van der Waals surface area contributed by atoms with Crippen LogP contribution >= 0.6 is 0 Å². The predicted octanol–water partition coefficient (Wildman–Crippen LogP) is 3.36. The van der Waals surface area contributed by atoms with Gasteiger partial charge >= 0.3 is 0 Å². The van der Waals surface area contributed by atoms with Gasteiger partial charge < -0.3 is 10.2 Å². The van der Waals surface area contributed by atoms with Crippen LogP contribution in [0, 0.1) is 28.6 Å². The van der Waals surface area contributed by atoms with Crippen molar-refractivity contribution in [3.63, 3.8) is 0 Å². The third-order valence-corrected chi connectivity index (χ3v) is 7.12. The summed E-state index contributed by atoms with van der Waals surface area (Å²) in [5.41, 5.74) is 0.487. The number of hydrogen-bond donors (Lipinski definition) is 2. The quantitative estimate of drug-likeness (QED) is 0.764. The lowest BCUT2D eigenvalue weighted by atomic mass is 9.44. The molecule has 110 valence electrons. The molecule has 6 atom stereocenters. The van der Waals surface area contributed by atoms with Crippen LogP contribution in [0.4, 0.5) is 0 Å². The summed E-state index contributed by atoms with van der Waals surface area (Å²) >= 11 is 0. The largest absolute Gasteiger partial charge is 0.396 e. The third-order valence-electron chi connectivity index (χ3n) is 7.12. The van der Waals surface area contributed by atoms with Crippen molar-refractivity contribution in [3.05, 3.63) is 0 Å². The number of aliphatic hydroxyl groups excluding tert-OH is 2. The van der Waals surface area contributed by atoms with E-state index in [1.54, 1.807) is 0 Å². The first-order chi connectivity index (χ1) is 9.01. The van der Waals surface area contributed by atoms with Crippen molar-refractivity contribution in [2.45, 2.75) is 71.3 Å². The van der Waals surface area contributed by atoms with Gasteiger partial charge in [0.1, 0.15) is 0 Å².